The first-order chi connectivity index (χ1) is 9.69. The van der Waals surface area contributed by atoms with E-state index in [0.29, 0.717) is 0 Å². The van der Waals surface area contributed by atoms with Crippen LogP contribution in [-0.2, 0) is 17.6 Å². The molecule has 1 heterocycles. The van der Waals surface area contributed by atoms with Crippen LogP contribution >= 0.6 is 0 Å². The molecule has 0 spiro atoms. The van der Waals surface area contributed by atoms with E-state index in [4.69, 9.17) is 0 Å². The highest BCUT2D eigenvalue weighted by Crippen LogP contribution is 2.21. The van der Waals surface area contributed by atoms with E-state index in [1.165, 1.54) is 0 Å². The second-order valence-electron chi connectivity index (χ2n) is 4.76. The molecular formula is C16H15NO2S. The summed E-state index contributed by atoms with van der Waals surface area (Å²) in [4.78, 5) is 0.766. The molecule has 0 saturated carbocycles. The maximum atomic E-state index is 12.6. The predicted molar refractivity (Wildman–Crippen MR) is 80.8 cm³/mol. The number of fused-ring (bicyclic) bond motifs is 1. The third-order valence-corrected chi connectivity index (χ3v) is 4.66. The minimum absolute atomic E-state index is 0.0156. The summed E-state index contributed by atoms with van der Waals surface area (Å²) >= 11 is 0. The van der Waals surface area contributed by atoms with Crippen LogP contribution in [0.4, 0.5) is 0 Å². The monoisotopic (exact) mass is 285 g/mol. The Hall–Kier alpha value is -1.91. The highest BCUT2D eigenvalue weighted by molar-refractivity contribution is 7.83. The Kier molecular flexibility index (Phi) is 3.42. The molecule has 4 heteroatoms. The van der Waals surface area contributed by atoms with Crippen molar-refractivity contribution in [2.75, 3.05) is 0 Å². The van der Waals surface area contributed by atoms with Crippen LogP contribution in [0.15, 0.2) is 59.6 Å². The summed E-state index contributed by atoms with van der Waals surface area (Å²) in [6, 6.07) is 15.3. The van der Waals surface area contributed by atoms with E-state index < -0.39 is 11.0 Å². The predicted octanol–water partition coefficient (Wildman–Crippen LogP) is 3.01. The van der Waals surface area contributed by atoms with Gasteiger partial charge in [-0.2, -0.15) is 0 Å². The Morgan fingerprint density at radius 2 is 1.85 bits per heavy atom. The first-order valence-corrected chi connectivity index (χ1v) is 7.49. The molecule has 3 nitrogen and oxygen atoms in total. The van der Waals surface area contributed by atoms with E-state index in [0.717, 1.165) is 26.9 Å². The molecule has 0 fully saturated rings. The standard InChI is InChI=1S/C16H15NO2S/c1-12-2-6-15(7-3-12)20(19)17-9-8-14-5-4-13(11-18)10-16(14)17/h2-10,18H,11H2,1H3. The number of benzene rings is 2. The molecule has 1 atom stereocenters. The van der Waals surface area contributed by atoms with E-state index in [1.807, 2.05) is 61.7 Å². The summed E-state index contributed by atoms with van der Waals surface area (Å²) in [5.74, 6) is 0. The van der Waals surface area contributed by atoms with Gasteiger partial charge in [-0.05, 0) is 36.8 Å². The van der Waals surface area contributed by atoms with Crippen molar-refractivity contribution in [1.82, 2.24) is 3.97 Å². The SMILES string of the molecule is Cc1ccc(S(=O)n2ccc3ccc(CO)cc32)cc1. The lowest BCUT2D eigenvalue weighted by atomic mass is 10.2. The molecule has 1 N–H and O–H groups in total. The highest BCUT2D eigenvalue weighted by atomic mass is 32.2. The van der Waals surface area contributed by atoms with Gasteiger partial charge in [-0.15, -0.1) is 0 Å². The Bertz CT molecular complexity index is 775. The van der Waals surface area contributed by atoms with Crippen molar-refractivity contribution in [2.45, 2.75) is 18.4 Å². The molecule has 1 unspecified atom stereocenters. The number of hydrogen-bond acceptors (Lipinski definition) is 2. The van der Waals surface area contributed by atoms with Crippen molar-refractivity contribution in [1.29, 1.82) is 0 Å². The van der Waals surface area contributed by atoms with Crippen molar-refractivity contribution in [3.05, 3.63) is 65.9 Å². The molecule has 0 saturated heterocycles. The number of aromatic nitrogens is 1. The fraction of sp³-hybridized carbons (Fsp3) is 0.125. The molecule has 102 valence electrons. The summed E-state index contributed by atoms with van der Waals surface area (Å²) in [6.07, 6.45) is 1.82. The van der Waals surface area contributed by atoms with Gasteiger partial charge in [0.2, 0.25) is 0 Å². The molecule has 0 aliphatic rings. The molecular weight excluding hydrogens is 270 g/mol. The molecule has 0 amide bonds. The zero-order valence-electron chi connectivity index (χ0n) is 11.1. The number of rotatable bonds is 3. The van der Waals surface area contributed by atoms with E-state index in [1.54, 1.807) is 3.97 Å². The summed E-state index contributed by atoms with van der Waals surface area (Å²) in [5, 5.41) is 10.2. The zero-order valence-corrected chi connectivity index (χ0v) is 11.9. The van der Waals surface area contributed by atoms with E-state index in [-0.39, 0.29) is 6.61 Å². The van der Waals surface area contributed by atoms with Crippen molar-refractivity contribution < 1.29 is 9.32 Å². The Labute approximate surface area is 120 Å². The Morgan fingerprint density at radius 1 is 1.10 bits per heavy atom. The fourth-order valence-corrected chi connectivity index (χ4v) is 3.26. The van der Waals surface area contributed by atoms with Crippen molar-refractivity contribution >= 4 is 21.9 Å². The van der Waals surface area contributed by atoms with Gasteiger partial charge in [-0.3, -0.25) is 3.97 Å². The van der Waals surface area contributed by atoms with Gasteiger partial charge in [0.25, 0.3) is 0 Å². The lowest BCUT2D eigenvalue weighted by molar-refractivity contribution is 0.282. The van der Waals surface area contributed by atoms with Crippen molar-refractivity contribution in [2.24, 2.45) is 0 Å². The van der Waals surface area contributed by atoms with E-state index in [9.17, 15) is 9.32 Å². The second kappa shape index (κ2) is 5.23. The van der Waals surface area contributed by atoms with Crippen LogP contribution in [0.2, 0.25) is 0 Å². The van der Waals surface area contributed by atoms with Gasteiger partial charge >= 0.3 is 0 Å². The average Bonchev–Trinajstić information content (AvgIpc) is 2.90. The largest absolute Gasteiger partial charge is 0.392 e. The number of aliphatic hydroxyl groups is 1. The minimum atomic E-state index is -1.27. The molecule has 3 aromatic rings. The smallest absolute Gasteiger partial charge is 0.157 e. The normalized spacial score (nSPS) is 12.7. The van der Waals surface area contributed by atoms with Crippen LogP contribution in [0.25, 0.3) is 10.9 Å². The lowest BCUT2D eigenvalue weighted by Crippen LogP contribution is -2.03. The van der Waals surface area contributed by atoms with E-state index in [2.05, 4.69) is 0 Å². The molecule has 0 aliphatic heterocycles. The van der Waals surface area contributed by atoms with Gasteiger partial charge in [-0.1, -0.05) is 29.8 Å². The van der Waals surface area contributed by atoms with Crippen LogP contribution in [0.3, 0.4) is 0 Å². The number of nitrogens with zero attached hydrogens (tertiary/aromatic N) is 1. The second-order valence-corrected chi connectivity index (χ2v) is 6.12. The summed E-state index contributed by atoms with van der Waals surface area (Å²) < 4.78 is 14.4. The molecule has 3 rings (SSSR count). The zero-order chi connectivity index (χ0) is 14.1. The molecule has 0 radical (unpaired) electrons. The van der Waals surface area contributed by atoms with Crippen molar-refractivity contribution in [3.63, 3.8) is 0 Å². The van der Waals surface area contributed by atoms with Gasteiger partial charge in [0, 0.05) is 11.6 Å². The van der Waals surface area contributed by atoms with Gasteiger partial charge in [-0.25, -0.2) is 4.21 Å². The third kappa shape index (κ3) is 2.28. The van der Waals surface area contributed by atoms with Gasteiger partial charge in [0.15, 0.2) is 11.0 Å². The Balaban J connectivity index is 2.09. The van der Waals surface area contributed by atoms with Crippen LogP contribution in [-0.4, -0.2) is 13.3 Å². The van der Waals surface area contributed by atoms with Crippen LogP contribution in [0, 0.1) is 6.92 Å². The first kappa shape index (κ1) is 13.1. The van der Waals surface area contributed by atoms with Gasteiger partial charge in [0.05, 0.1) is 17.0 Å². The van der Waals surface area contributed by atoms with Crippen LogP contribution in [0.1, 0.15) is 11.1 Å². The summed E-state index contributed by atoms with van der Waals surface area (Å²) in [5.41, 5.74) is 2.83. The van der Waals surface area contributed by atoms with Gasteiger partial charge in [0.1, 0.15) is 0 Å². The lowest BCUT2D eigenvalue weighted by Gasteiger charge is -2.06. The molecule has 1 aromatic heterocycles. The quantitative estimate of drug-likeness (QED) is 0.804. The maximum Gasteiger partial charge on any atom is 0.157 e. The number of hydrogen-bond donors (Lipinski definition) is 1. The molecule has 2 aromatic carbocycles. The number of aryl methyl sites for hydroxylation is 1. The summed E-state index contributed by atoms with van der Waals surface area (Å²) in [7, 11) is -1.27. The fourth-order valence-electron chi connectivity index (χ4n) is 2.16. The molecule has 0 bridgehead atoms. The third-order valence-electron chi connectivity index (χ3n) is 3.31. The first-order valence-electron chi connectivity index (χ1n) is 6.39. The molecule has 20 heavy (non-hydrogen) atoms. The number of aliphatic hydroxyl groups excluding tert-OH is 1. The van der Waals surface area contributed by atoms with Crippen LogP contribution < -0.4 is 0 Å². The van der Waals surface area contributed by atoms with Crippen LogP contribution in [0.5, 0.6) is 0 Å². The minimum Gasteiger partial charge on any atom is -0.392 e. The maximum absolute atomic E-state index is 12.6. The highest BCUT2D eigenvalue weighted by Gasteiger charge is 2.10. The van der Waals surface area contributed by atoms with Gasteiger partial charge < -0.3 is 5.11 Å². The summed E-state index contributed by atoms with van der Waals surface area (Å²) in [6.45, 7) is 1.99. The molecule has 0 aliphatic carbocycles. The van der Waals surface area contributed by atoms with Crippen molar-refractivity contribution in [3.8, 4) is 0 Å². The average molecular weight is 285 g/mol. The van der Waals surface area contributed by atoms with E-state index >= 15 is 0 Å². The topological polar surface area (TPSA) is 42.2 Å². The Morgan fingerprint density at radius 3 is 2.55 bits per heavy atom.